The zero-order chi connectivity index (χ0) is 11.5. The molecule has 4 nitrogen and oxygen atoms in total. The van der Waals surface area contributed by atoms with Crippen LogP contribution in [0.3, 0.4) is 0 Å². The highest BCUT2D eigenvalue weighted by molar-refractivity contribution is 6.03. The lowest BCUT2D eigenvalue weighted by molar-refractivity contribution is 0.0995. The average molecular weight is 221 g/mol. The molecule has 1 aliphatic heterocycles. The van der Waals surface area contributed by atoms with Gasteiger partial charge in [0.1, 0.15) is 17.6 Å². The molecule has 4 heteroatoms. The van der Waals surface area contributed by atoms with E-state index in [1.54, 1.807) is 14.2 Å². The highest BCUT2D eigenvalue weighted by atomic mass is 16.6. The molecule has 0 N–H and O–H groups in total. The second-order valence-corrected chi connectivity index (χ2v) is 3.72. The summed E-state index contributed by atoms with van der Waals surface area (Å²) in [6, 6.07) is 5.65. The molecule has 0 bridgehead atoms. The summed E-state index contributed by atoms with van der Waals surface area (Å²) in [4.78, 5) is 5.18. The lowest BCUT2D eigenvalue weighted by Gasteiger charge is -2.09. The van der Waals surface area contributed by atoms with Crippen LogP contribution in [0.15, 0.2) is 23.4 Å². The first-order valence-electron chi connectivity index (χ1n) is 5.19. The van der Waals surface area contributed by atoms with Gasteiger partial charge in [-0.3, -0.25) is 0 Å². The molecule has 0 aromatic heterocycles. The van der Waals surface area contributed by atoms with Gasteiger partial charge in [-0.05, 0) is 25.1 Å². The van der Waals surface area contributed by atoms with Crippen molar-refractivity contribution < 1.29 is 14.3 Å². The van der Waals surface area contributed by atoms with Crippen LogP contribution >= 0.6 is 0 Å². The summed E-state index contributed by atoms with van der Waals surface area (Å²) in [6.45, 7) is 1.99. The number of benzene rings is 1. The van der Waals surface area contributed by atoms with E-state index in [1.807, 2.05) is 25.1 Å². The molecule has 1 aromatic rings. The van der Waals surface area contributed by atoms with Crippen LogP contribution in [0.25, 0.3) is 0 Å². The molecule has 0 fully saturated rings. The van der Waals surface area contributed by atoms with E-state index in [9.17, 15) is 0 Å². The Morgan fingerprint density at radius 3 is 2.69 bits per heavy atom. The van der Waals surface area contributed by atoms with E-state index in [1.165, 1.54) is 0 Å². The summed E-state index contributed by atoms with van der Waals surface area (Å²) in [5, 5.41) is 4.05. The number of ether oxygens (including phenoxy) is 2. The summed E-state index contributed by atoms with van der Waals surface area (Å²) in [5.41, 5.74) is 1.84. The number of hydrogen-bond acceptors (Lipinski definition) is 4. The number of nitrogens with zero attached hydrogens (tertiary/aromatic N) is 1. The van der Waals surface area contributed by atoms with Crippen LogP contribution in [0.4, 0.5) is 0 Å². The van der Waals surface area contributed by atoms with Gasteiger partial charge >= 0.3 is 0 Å². The second kappa shape index (κ2) is 4.43. The van der Waals surface area contributed by atoms with E-state index in [0.717, 1.165) is 29.2 Å². The van der Waals surface area contributed by atoms with Crippen molar-refractivity contribution in [2.24, 2.45) is 5.16 Å². The van der Waals surface area contributed by atoms with Gasteiger partial charge in [-0.15, -0.1) is 0 Å². The van der Waals surface area contributed by atoms with Crippen LogP contribution in [-0.2, 0) is 4.84 Å². The Labute approximate surface area is 94.8 Å². The molecule has 0 amide bonds. The highest BCUT2D eigenvalue weighted by Crippen LogP contribution is 2.28. The van der Waals surface area contributed by atoms with Crippen molar-refractivity contribution in [3.63, 3.8) is 0 Å². The average Bonchev–Trinajstić information content (AvgIpc) is 2.75. The highest BCUT2D eigenvalue weighted by Gasteiger charge is 2.21. The molecule has 1 aromatic carbocycles. The van der Waals surface area contributed by atoms with E-state index in [-0.39, 0.29) is 6.10 Å². The molecular weight excluding hydrogens is 206 g/mol. The van der Waals surface area contributed by atoms with Crippen molar-refractivity contribution in [1.82, 2.24) is 0 Å². The largest absolute Gasteiger partial charge is 0.497 e. The van der Waals surface area contributed by atoms with E-state index in [0.29, 0.717) is 0 Å². The second-order valence-electron chi connectivity index (χ2n) is 3.72. The summed E-state index contributed by atoms with van der Waals surface area (Å²) in [7, 11) is 3.28. The topological polar surface area (TPSA) is 40.0 Å². The molecular formula is C12H15NO3. The fourth-order valence-corrected chi connectivity index (χ4v) is 1.70. The predicted molar refractivity (Wildman–Crippen MR) is 61.2 cm³/mol. The first-order valence-corrected chi connectivity index (χ1v) is 5.19. The predicted octanol–water partition coefficient (Wildman–Crippen LogP) is 2.22. The molecule has 0 saturated heterocycles. The third-order valence-electron chi connectivity index (χ3n) is 2.54. The van der Waals surface area contributed by atoms with Crippen LogP contribution in [0, 0.1) is 0 Å². The summed E-state index contributed by atoms with van der Waals surface area (Å²) in [5.74, 6) is 1.58. The van der Waals surface area contributed by atoms with Gasteiger partial charge in [0.2, 0.25) is 0 Å². The van der Waals surface area contributed by atoms with Crippen molar-refractivity contribution in [3.8, 4) is 11.5 Å². The lowest BCUT2D eigenvalue weighted by atomic mass is 10.0. The van der Waals surface area contributed by atoms with E-state index in [4.69, 9.17) is 14.3 Å². The first-order chi connectivity index (χ1) is 7.74. The Bertz CT molecular complexity index is 415. The number of hydrogen-bond donors (Lipinski definition) is 0. The van der Waals surface area contributed by atoms with Crippen LogP contribution in [0.5, 0.6) is 11.5 Å². The lowest BCUT2D eigenvalue weighted by Crippen LogP contribution is -2.05. The minimum absolute atomic E-state index is 0.130. The van der Waals surface area contributed by atoms with Gasteiger partial charge in [-0.2, -0.15) is 0 Å². The van der Waals surface area contributed by atoms with E-state index >= 15 is 0 Å². The Morgan fingerprint density at radius 2 is 2.12 bits per heavy atom. The molecule has 0 spiro atoms. The van der Waals surface area contributed by atoms with Crippen molar-refractivity contribution in [2.45, 2.75) is 19.4 Å². The van der Waals surface area contributed by atoms with Crippen molar-refractivity contribution in [1.29, 1.82) is 0 Å². The smallest absolute Gasteiger partial charge is 0.130 e. The van der Waals surface area contributed by atoms with Crippen molar-refractivity contribution >= 4 is 5.71 Å². The minimum Gasteiger partial charge on any atom is -0.497 e. The normalized spacial score (nSPS) is 18.9. The van der Waals surface area contributed by atoms with Crippen LogP contribution < -0.4 is 9.47 Å². The summed E-state index contributed by atoms with van der Waals surface area (Å²) in [6.07, 6.45) is 0.926. The minimum atomic E-state index is 0.130. The molecule has 1 unspecified atom stereocenters. The van der Waals surface area contributed by atoms with Crippen LogP contribution in [0.2, 0.25) is 0 Å². The molecule has 1 atom stereocenters. The number of rotatable bonds is 3. The first kappa shape index (κ1) is 10.8. The zero-order valence-electron chi connectivity index (χ0n) is 9.69. The van der Waals surface area contributed by atoms with Gasteiger partial charge < -0.3 is 14.3 Å². The molecule has 0 saturated carbocycles. The maximum atomic E-state index is 5.30. The SMILES string of the molecule is COc1ccc(OC)c(C2=NOC(C)C2)c1. The third kappa shape index (κ3) is 1.96. The van der Waals surface area contributed by atoms with Gasteiger partial charge in [0, 0.05) is 12.0 Å². The summed E-state index contributed by atoms with van der Waals surface area (Å²) >= 11 is 0. The maximum Gasteiger partial charge on any atom is 0.130 e. The van der Waals surface area contributed by atoms with Crippen LogP contribution in [-0.4, -0.2) is 26.0 Å². The van der Waals surface area contributed by atoms with E-state index < -0.39 is 0 Å². The monoisotopic (exact) mass is 221 g/mol. The molecule has 2 rings (SSSR count). The Balaban J connectivity index is 2.37. The van der Waals surface area contributed by atoms with Crippen molar-refractivity contribution in [3.05, 3.63) is 23.8 Å². The fourth-order valence-electron chi connectivity index (χ4n) is 1.70. The maximum absolute atomic E-state index is 5.30. The summed E-state index contributed by atoms with van der Waals surface area (Å²) < 4.78 is 10.5. The molecule has 0 aliphatic carbocycles. The number of oxime groups is 1. The quantitative estimate of drug-likeness (QED) is 0.785. The molecule has 1 aliphatic rings. The van der Waals surface area contributed by atoms with Gasteiger partial charge in [-0.1, -0.05) is 5.16 Å². The zero-order valence-corrected chi connectivity index (χ0v) is 9.69. The van der Waals surface area contributed by atoms with Gasteiger partial charge in [0.05, 0.1) is 19.9 Å². The van der Waals surface area contributed by atoms with Crippen molar-refractivity contribution in [2.75, 3.05) is 14.2 Å². The van der Waals surface area contributed by atoms with Crippen LogP contribution in [0.1, 0.15) is 18.9 Å². The number of methoxy groups -OCH3 is 2. The van der Waals surface area contributed by atoms with Gasteiger partial charge in [0.15, 0.2) is 0 Å². The molecule has 1 heterocycles. The fraction of sp³-hybridized carbons (Fsp3) is 0.417. The molecule has 0 radical (unpaired) electrons. The third-order valence-corrected chi connectivity index (χ3v) is 2.54. The molecule has 86 valence electrons. The Kier molecular flexibility index (Phi) is 2.99. The Hall–Kier alpha value is -1.71. The van der Waals surface area contributed by atoms with Gasteiger partial charge in [-0.25, -0.2) is 0 Å². The molecule has 16 heavy (non-hydrogen) atoms. The van der Waals surface area contributed by atoms with Gasteiger partial charge in [0.25, 0.3) is 0 Å². The Morgan fingerprint density at radius 1 is 1.31 bits per heavy atom. The van der Waals surface area contributed by atoms with E-state index in [2.05, 4.69) is 5.16 Å². The standard InChI is InChI=1S/C12H15NO3/c1-8-6-11(13-16-8)10-7-9(14-2)4-5-12(10)15-3/h4-5,7-8H,6H2,1-3H3.